The van der Waals surface area contributed by atoms with Gasteiger partial charge in [0.15, 0.2) is 5.82 Å². The van der Waals surface area contributed by atoms with Gasteiger partial charge in [0.1, 0.15) is 11.7 Å². The molecule has 0 unspecified atom stereocenters. The van der Waals surface area contributed by atoms with Crippen molar-refractivity contribution in [3.63, 3.8) is 0 Å². The monoisotopic (exact) mass is 430 g/mol. The number of nitriles is 1. The molecule has 7 N–H and O–H groups in total. The standard InChI is InChI=1S/C19H25N7OS.CH5N/c20-4-1-16(23)24-18-14(12-21)15(19(13-22)2-9-28-10-3-19)11-17(25-18)26-5-7-27-8-6-26;1-2/h1,4,11-12,21H,2-3,5-10,20H2,(H2,23,24,25);2H2,1H3/b4-1-,21-12?;. The number of aromatic nitrogens is 1. The second-order valence-electron chi connectivity index (χ2n) is 6.71. The van der Waals surface area contributed by atoms with Gasteiger partial charge in [-0.05, 0) is 55.3 Å². The number of morpholine rings is 1. The third-order valence-electron chi connectivity index (χ3n) is 5.08. The van der Waals surface area contributed by atoms with E-state index in [1.807, 2.05) is 17.8 Å². The minimum absolute atomic E-state index is 0.202. The van der Waals surface area contributed by atoms with Gasteiger partial charge < -0.3 is 32.2 Å². The number of nitrogens with two attached hydrogens (primary N) is 3. The molecule has 0 aliphatic carbocycles. The molecule has 2 aliphatic rings. The molecule has 2 aliphatic heterocycles. The smallest absolute Gasteiger partial charge is 0.165 e. The number of anilines is 1. The number of thioether (sulfide) groups is 1. The Bertz CT molecular complexity index is 821. The molecule has 0 amide bonds. The van der Waals surface area contributed by atoms with Gasteiger partial charge in [0.2, 0.25) is 0 Å². The molecule has 1 aromatic heterocycles. The van der Waals surface area contributed by atoms with Crippen LogP contribution in [0.25, 0.3) is 0 Å². The average Bonchev–Trinajstić information content (AvgIpc) is 2.81. The normalized spacial score (nSPS) is 19.0. The lowest BCUT2D eigenvalue weighted by Crippen LogP contribution is -2.37. The minimum atomic E-state index is -0.648. The number of rotatable bonds is 5. The number of nitrogens with one attached hydrogen (secondary N) is 1. The molecule has 0 atom stereocenters. The first-order valence-electron chi connectivity index (χ1n) is 9.81. The second kappa shape index (κ2) is 11.5. The Labute approximate surface area is 181 Å². The quantitative estimate of drug-likeness (QED) is 0.400. The molecule has 162 valence electrons. The highest BCUT2D eigenvalue weighted by Crippen LogP contribution is 2.42. The van der Waals surface area contributed by atoms with Crippen LogP contribution in [0.4, 0.5) is 11.6 Å². The van der Waals surface area contributed by atoms with Gasteiger partial charge in [-0.25, -0.2) is 9.98 Å². The first kappa shape index (κ1) is 23.7. The molecule has 0 aromatic carbocycles. The number of amidine groups is 1. The van der Waals surface area contributed by atoms with Crippen molar-refractivity contribution in [3.8, 4) is 6.07 Å². The molecular weight excluding hydrogens is 400 g/mol. The topological polar surface area (TPSA) is 163 Å². The lowest BCUT2D eigenvalue weighted by molar-refractivity contribution is 0.122. The Morgan fingerprint density at radius 3 is 2.60 bits per heavy atom. The summed E-state index contributed by atoms with van der Waals surface area (Å²) in [7, 11) is 1.50. The lowest BCUT2D eigenvalue weighted by atomic mass is 9.75. The summed E-state index contributed by atoms with van der Waals surface area (Å²) in [4.78, 5) is 11.2. The highest BCUT2D eigenvalue weighted by molar-refractivity contribution is 7.99. The zero-order chi connectivity index (χ0) is 22.0. The van der Waals surface area contributed by atoms with Crippen molar-refractivity contribution in [3.05, 3.63) is 29.5 Å². The molecule has 2 fully saturated rings. The summed E-state index contributed by atoms with van der Waals surface area (Å²) in [5, 5.41) is 18.1. The fourth-order valence-electron chi connectivity index (χ4n) is 3.53. The van der Waals surface area contributed by atoms with Gasteiger partial charge in [-0.3, -0.25) is 0 Å². The van der Waals surface area contributed by atoms with Crippen LogP contribution < -0.4 is 22.1 Å². The van der Waals surface area contributed by atoms with Crippen molar-refractivity contribution >= 4 is 35.4 Å². The second-order valence-corrected chi connectivity index (χ2v) is 7.94. The summed E-state index contributed by atoms with van der Waals surface area (Å²) in [5.74, 6) is 3.11. The Balaban J connectivity index is 0.00000155. The molecular formula is C20H30N8OS. The molecule has 10 heteroatoms. The summed E-state index contributed by atoms with van der Waals surface area (Å²) in [6.07, 6.45) is 5.49. The van der Waals surface area contributed by atoms with Crippen LogP contribution in [0.3, 0.4) is 0 Å². The van der Waals surface area contributed by atoms with E-state index in [-0.39, 0.29) is 5.84 Å². The number of nitrogens with zero attached hydrogens (tertiary/aromatic N) is 4. The molecule has 0 bridgehead atoms. The van der Waals surface area contributed by atoms with E-state index in [0.29, 0.717) is 37.7 Å². The van der Waals surface area contributed by atoms with E-state index in [2.05, 4.69) is 26.7 Å². The number of hydrogen-bond acceptors (Lipinski definition) is 9. The molecule has 3 heterocycles. The summed E-state index contributed by atoms with van der Waals surface area (Å²) in [6.45, 7) is 2.68. The van der Waals surface area contributed by atoms with Crippen molar-refractivity contribution in [1.29, 1.82) is 10.7 Å². The molecule has 0 saturated carbocycles. The molecule has 30 heavy (non-hydrogen) atoms. The highest BCUT2D eigenvalue weighted by Gasteiger charge is 2.37. The zero-order valence-electron chi connectivity index (χ0n) is 17.3. The van der Waals surface area contributed by atoms with Crippen LogP contribution in [0.15, 0.2) is 23.3 Å². The van der Waals surface area contributed by atoms with E-state index in [0.717, 1.165) is 35.7 Å². The fraction of sp³-hybridized carbons (Fsp3) is 0.500. The Kier molecular flexibility index (Phi) is 9.11. The maximum atomic E-state index is 10.1. The maximum absolute atomic E-state index is 10.1. The summed E-state index contributed by atoms with van der Waals surface area (Å²) < 4.78 is 5.45. The van der Waals surface area contributed by atoms with Gasteiger partial charge in [-0.15, -0.1) is 0 Å². The molecule has 3 rings (SSSR count). The van der Waals surface area contributed by atoms with Gasteiger partial charge in [0.05, 0.1) is 24.7 Å². The third kappa shape index (κ3) is 5.30. The Morgan fingerprint density at radius 2 is 2.03 bits per heavy atom. The first-order chi connectivity index (χ1) is 14.6. The predicted molar refractivity (Wildman–Crippen MR) is 124 cm³/mol. The molecule has 9 nitrogen and oxygen atoms in total. The Hall–Kier alpha value is -2.61. The maximum Gasteiger partial charge on any atom is 0.165 e. The van der Waals surface area contributed by atoms with Crippen molar-refractivity contribution < 1.29 is 4.74 Å². The van der Waals surface area contributed by atoms with Crippen molar-refractivity contribution in [2.45, 2.75) is 18.3 Å². The Morgan fingerprint density at radius 1 is 1.37 bits per heavy atom. The van der Waals surface area contributed by atoms with E-state index in [1.54, 1.807) is 0 Å². The van der Waals surface area contributed by atoms with E-state index in [9.17, 15) is 5.26 Å². The van der Waals surface area contributed by atoms with Gasteiger partial charge in [0, 0.05) is 24.9 Å². The van der Waals surface area contributed by atoms with E-state index in [4.69, 9.17) is 21.6 Å². The first-order valence-corrected chi connectivity index (χ1v) is 11.0. The van der Waals surface area contributed by atoms with Crippen LogP contribution in [0, 0.1) is 16.7 Å². The molecule has 0 radical (unpaired) electrons. The average molecular weight is 431 g/mol. The van der Waals surface area contributed by atoms with E-state index >= 15 is 0 Å². The minimum Gasteiger partial charge on any atom is -0.404 e. The lowest BCUT2D eigenvalue weighted by Gasteiger charge is -2.34. The van der Waals surface area contributed by atoms with Gasteiger partial charge >= 0.3 is 0 Å². The van der Waals surface area contributed by atoms with Crippen molar-refractivity contribution in [2.75, 3.05) is 49.8 Å². The van der Waals surface area contributed by atoms with Crippen molar-refractivity contribution in [1.82, 2.24) is 4.98 Å². The predicted octanol–water partition coefficient (Wildman–Crippen LogP) is 1.24. The molecule has 1 aromatic rings. The highest BCUT2D eigenvalue weighted by atomic mass is 32.2. The molecule has 2 saturated heterocycles. The van der Waals surface area contributed by atoms with Crippen LogP contribution >= 0.6 is 11.8 Å². The number of ether oxygens (including phenoxy) is 1. The molecule has 0 spiro atoms. The SMILES string of the molecule is CN.N#CC1(c2cc(N3CCOCC3)nc(/N=C(N)\C=C/N)c2C=N)CCSCC1. The summed E-state index contributed by atoms with van der Waals surface area (Å²) in [6, 6.07) is 4.50. The van der Waals surface area contributed by atoms with Crippen LogP contribution in [-0.2, 0) is 10.2 Å². The zero-order valence-corrected chi connectivity index (χ0v) is 18.1. The van der Waals surface area contributed by atoms with Gasteiger partial charge in [-0.2, -0.15) is 17.0 Å². The van der Waals surface area contributed by atoms with Crippen LogP contribution in [0.2, 0.25) is 0 Å². The van der Waals surface area contributed by atoms with Gasteiger partial charge in [-0.1, -0.05) is 0 Å². The third-order valence-corrected chi connectivity index (χ3v) is 6.07. The largest absolute Gasteiger partial charge is 0.404 e. The van der Waals surface area contributed by atoms with Crippen LogP contribution in [0.5, 0.6) is 0 Å². The van der Waals surface area contributed by atoms with Crippen LogP contribution in [-0.4, -0.2) is 61.9 Å². The number of hydrogen-bond donors (Lipinski definition) is 4. The summed E-state index contributed by atoms with van der Waals surface area (Å²) in [5.41, 5.74) is 16.5. The number of pyridine rings is 1. The van der Waals surface area contributed by atoms with Gasteiger partial charge in [0.25, 0.3) is 0 Å². The van der Waals surface area contributed by atoms with Crippen molar-refractivity contribution in [2.24, 2.45) is 22.2 Å². The number of aliphatic imine (C=N–C) groups is 1. The van der Waals surface area contributed by atoms with Crippen LogP contribution in [0.1, 0.15) is 24.0 Å². The van der Waals surface area contributed by atoms with E-state index < -0.39 is 5.41 Å². The fourth-order valence-corrected chi connectivity index (χ4v) is 4.72. The van der Waals surface area contributed by atoms with E-state index in [1.165, 1.54) is 25.5 Å². The summed E-state index contributed by atoms with van der Waals surface area (Å²) >= 11 is 1.85.